The Morgan fingerprint density at radius 1 is 1.16 bits per heavy atom. The van der Waals surface area contributed by atoms with Crippen molar-refractivity contribution in [3.8, 4) is 11.5 Å². The van der Waals surface area contributed by atoms with E-state index in [1.807, 2.05) is 0 Å². The van der Waals surface area contributed by atoms with Crippen molar-refractivity contribution >= 4 is 5.71 Å². The number of benzene rings is 1. The van der Waals surface area contributed by atoms with Gasteiger partial charge in [0, 0.05) is 18.4 Å². The van der Waals surface area contributed by atoms with E-state index in [2.05, 4.69) is 9.89 Å². The number of halogens is 3. The summed E-state index contributed by atoms with van der Waals surface area (Å²) in [5, 5.41) is 4.13. The van der Waals surface area contributed by atoms with Gasteiger partial charge in [0.25, 0.3) is 6.36 Å². The second-order valence-electron chi connectivity index (χ2n) is 6.42. The lowest BCUT2D eigenvalue weighted by atomic mass is 9.93. The average molecular weight is 359 g/mol. The first kappa shape index (κ1) is 17.8. The Morgan fingerprint density at radius 3 is 2.60 bits per heavy atom. The molecule has 2 aliphatic rings. The number of oxime groups is 1. The van der Waals surface area contributed by atoms with Crippen LogP contribution in [0.15, 0.2) is 23.4 Å². The van der Waals surface area contributed by atoms with Crippen LogP contribution in [0.5, 0.6) is 11.5 Å². The fourth-order valence-electron chi connectivity index (χ4n) is 2.78. The Balaban J connectivity index is 1.81. The van der Waals surface area contributed by atoms with Crippen LogP contribution in [0.1, 0.15) is 32.3 Å². The zero-order chi connectivity index (χ0) is 18.0. The van der Waals surface area contributed by atoms with E-state index < -0.39 is 18.4 Å². The molecule has 2 unspecified atom stereocenters. The number of hydrogen-bond donors (Lipinski definition) is 0. The number of alkyl halides is 3. The van der Waals surface area contributed by atoms with Gasteiger partial charge < -0.3 is 19.0 Å². The molecule has 25 heavy (non-hydrogen) atoms. The number of nitrogens with zero attached hydrogens (tertiary/aromatic N) is 1. The zero-order valence-electron chi connectivity index (χ0n) is 14.0. The highest BCUT2D eigenvalue weighted by atomic mass is 19.3. The van der Waals surface area contributed by atoms with Crippen molar-refractivity contribution in [2.24, 2.45) is 5.16 Å². The lowest BCUT2D eigenvalue weighted by molar-refractivity contribution is -0.0681. The van der Waals surface area contributed by atoms with Crippen molar-refractivity contribution in [3.63, 3.8) is 0 Å². The van der Waals surface area contributed by atoms with Gasteiger partial charge in [-0.3, -0.25) is 0 Å². The molecule has 0 radical (unpaired) electrons. The molecule has 0 saturated carbocycles. The van der Waals surface area contributed by atoms with E-state index in [1.165, 1.54) is 6.07 Å². The minimum absolute atomic E-state index is 0.0799. The van der Waals surface area contributed by atoms with E-state index in [9.17, 15) is 13.2 Å². The molecule has 2 heterocycles. The molecule has 0 amide bonds. The van der Waals surface area contributed by atoms with Crippen molar-refractivity contribution in [1.29, 1.82) is 0 Å². The van der Waals surface area contributed by atoms with E-state index >= 15 is 0 Å². The van der Waals surface area contributed by atoms with Gasteiger partial charge in [0.05, 0.1) is 25.0 Å². The van der Waals surface area contributed by atoms with Gasteiger partial charge in [-0.15, -0.1) is 0 Å². The molecule has 2 atom stereocenters. The van der Waals surface area contributed by atoms with Crippen molar-refractivity contribution < 1.29 is 32.2 Å². The van der Waals surface area contributed by atoms with Crippen LogP contribution >= 0.6 is 0 Å². The fraction of sp³-hybridized carbons (Fsp3) is 0.588. The molecule has 8 heteroatoms. The SMILES string of the molecule is CC(C)Oc1cc(C2=NOC3(CCOC3)C2)ccc1OC(F)C(F)F. The van der Waals surface area contributed by atoms with Gasteiger partial charge in [0.2, 0.25) is 0 Å². The smallest absolute Gasteiger partial charge is 0.304 e. The summed E-state index contributed by atoms with van der Waals surface area (Å²) in [7, 11) is 0. The topological polar surface area (TPSA) is 49.3 Å². The van der Waals surface area contributed by atoms with Crippen molar-refractivity contribution in [2.45, 2.75) is 51.2 Å². The standard InChI is InChI=1S/C17H20F3NO4/c1-10(2)23-14-7-11(3-4-13(14)24-16(20)15(18)19)12-8-17(25-21-12)5-6-22-9-17/h3-4,7,10,15-16H,5-6,8-9H2,1-2H3. The average Bonchev–Trinajstić information content (AvgIpc) is 3.19. The minimum atomic E-state index is -3.23. The Morgan fingerprint density at radius 2 is 1.96 bits per heavy atom. The van der Waals surface area contributed by atoms with Crippen LogP contribution in [0.2, 0.25) is 0 Å². The molecule has 2 aliphatic heterocycles. The Bertz CT molecular complexity index is 645. The molecule has 0 bridgehead atoms. The summed E-state index contributed by atoms with van der Waals surface area (Å²) in [4.78, 5) is 5.55. The molecule has 5 nitrogen and oxygen atoms in total. The second-order valence-corrected chi connectivity index (χ2v) is 6.42. The van der Waals surface area contributed by atoms with Crippen LogP contribution in [-0.2, 0) is 9.57 Å². The van der Waals surface area contributed by atoms with Crippen LogP contribution in [0.25, 0.3) is 0 Å². The molecule has 1 spiro atoms. The summed E-state index contributed by atoms with van der Waals surface area (Å²) in [5.74, 6) is 0.103. The molecule has 138 valence electrons. The summed E-state index contributed by atoms with van der Waals surface area (Å²) < 4.78 is 53.7. The quantitative estimate of drug-likeness (QED) is 0.777. The first-order valence-electron chi connectivity index (χ1n) is 8.11. The zero-order valence-corrected chi connectivity index (χ0v) is 14.0. The van der Waals surface area contributed by atoms with Crippen LogP contribution in [0.3, 0.4) is 0 Å². The molecule has 0 aliphatic carbocycles. The van der Waals surface area contributed by atoms with Crippen LogP contribution < -0.4 is 9.47 Å². The molecule has 1 aromatic carbocycles. The Labute approximate surface area is 143 Å². The van der Waals surface area contributed by atoms with Crippen molar-refractivity contribution in [3.05, 3.63) is 23.8 Å². The van der Waals surface area contributed by atoms with Gasteiger partial charge in [0.15, 0.2) is 17.1 Å². The third-order valence-corrected chi connectivity index (χ3v) is 3.98. The summed E-state index contributed by atoms with van der Waals surface area (Å²) in [6, 6.07) is 4.63. The van der Waals surface area contributed by atoms with Crippen LogP contribution in [0, 0.1) is 0 Å². The molecular weight excluding hydrogens is 339 g/mol. The summed E-state index contributed by atoms with van der Waals surface area (Å²) in [6.45, 7) is 4.66. The van der Waals surface area contributed by atoms with E-state index in [0.29, 0.717) is 30.9 Å². The van der Waals surface area contributed by atoms with Crippen molar-refractivity contribution in [1.82, 2.24) is 0 Å². The summed E-state index contributed by atoms with van der Waals surface area (Å²) >= 11 is 0. The third kappa shape index (κ3) is 4.00. The highest BCUT2D eigenvalue weighted by molar-refractivity contribution is 6.02. The molecule has 1 saturated heterocycles. The summed E-state index contributed by atoms with van der Waals surface area (Å²) in [5.41, 5.74) is 0.985. The van der Waals surface area contributed by atoms with E-state index in [4.69, 9.17) is 14.3 Å². The largest absolute Gasteiger partial charge is 0.487 e. The summed E-state index contributed by atoms with van der Waals surface area (Å²) in [6.07, 6.45) is -4.85. The lowest BCUT2D eigenvalue weighted by Crippen LogP contribution is -2.29. The van der Waals surface area contributed by atoms with Crippen molar-refractivity contribution in [2.75, 3.05) is 13.2 Å². The van der Waals surface area contributed by atoms with Gasteiger partial charge in [-0.1, -0.05) is 5.16 Å². The number of rotatable bonds is 6. The molecule has 3 rings (SSSR count). The first-order chi connectivity index (χ1) is 11.9. The van der Waals surface area contributed by atoms with E-state index in [1.54, 1.807) is 26.0 Å². The number of ether oxygens (including phenoxy) is 3. The van der Waals surface area contributed by atoms with Gasteiger partial charge in [-0.2, -0.15) is 4.39 Å². The van der Waals surface area contributed by atoms with Crippen LogP contribution in [0.4, 0.5) is 13.2 Å². The normalized spacial score (nSPS) is 23.9. The van der Waals surface area contributed by atoms with Gasteiger partial charge in [-0.25, -0.2) is 8.78 Å². The molecular formula is C17H20F3NO4. The maximum absolute atomic E-state index is 13.2. The third-order valence-electron chi connectivity index (χ3n) is 3.98. The van der Waals surface area contributed by atoms with E-state index in [0.717, 1.165) is 6.42 Å². The molecule has 1 fully saturated rings. The lowest BCUT2D eigenvalue weighted by Gasteiger charge is -2.18. The fourth-order valence-corrected chi connectivity index (χ4v) is 2.78. The molecule has 0 N–H and O–H groups in total. The molecule has 1 aromatic rings. The van der Waals surface area contributed by atoms with Crippen LogP contribution in [-0.4, -0.2) is 43.4 Å². The maximum Gasteiger partial charge on any atom is 0.304 e. The predicted octanol–water partition coefficient (Wildman–Crippen LogP) is 3.70. The monoisotopic (exact) mass is 359 g/mol. The van der Waals surface area contributed by atoms with E-state index in [-0.39, 0.29) is 17.6 Å². The Hall–Kier alpha value is -1.96. The first-order valence-corrected chi connectivity index (χ1v) is 8.11. The second kappa shape index (κ2) is 7.11. The maximum atomic E-state index is 13.2. The highest BCUT2D eigenvalue weighted by Crippen LogP contribution is 2.37. The Kier molecular flexibility index (Phi) is 5.08. The highest BCUT2D eigenvalue weighted by Gasteiger charge is 2.43. The van der Waals surface area contributed by atoms with Gasteiger partial charge >= 0.3 is 6.43 Å². The molecule has 0 aromatic heterocycles. The number of hydrogen-bond acceptors (Lipinski definition) is 5. The van der Waals surface area contributed by atoms with Gasteiger partial charge in [0.1, 0.15) is 0 Å². The van der Waals surface area contributed by atoms with Gasteiger partial charge in [-0.05, 0) is 32.0 Å². The minimum Gasteiger partial charge on any atom is -0.487 e. The predicted molar refractivity (Wildman–Crippen MR) is 84.1 cm³/mol.